The molecule has 18 heavy (non-hydrogen) atoms. The number of rotatable bonds is 5. The summed E-state index contributed by atoms with van der Waals surface area (Å²) in [5.74, 6) is -0.744. The van der Waals surface area contributed by atoms with Crippen LogP contribution < -0.4 is 5.32 Å². The Morgan fingerprint density at radius 1 is 1.50 bits per heavy atom. The predicted molar refractivity (Wildman–Crippen MR) is 60.5 cm³/mol. The second-order valence-electron chi connectivity index (χ2n) is 4.10. The van der Waals surface area contributed by atoms with Gasteiger partial charge in [-0.3, -0.25) is 0 Å². The van der Waals surface area contributed by atoms with Crippen LogP contribution >= 0.6 is 0 Å². The number of urea groups is 1. The summed E-state index contributed by atoms with van der Waals surface area (Å²) in [6.07, 6.45) is 0. The zero-order chi connectivity index (χ0) is 13.8. The fourth-order valence-corrected chi connectivity index (χ4v) is 1.42. The lowest BCUT2D eigenvalue weighted by molar-refractivity contribution is -0.147. The summed E-state index contributed by atoms with van der Waals surface area (Å²) >= 11 is 0. The fraction of sp³-hybridized carbons (Fsp3) is 0.667. The standard InChI is InChI=1S/C9H16N6O3/c1-4-15(9(2,3)7(16)17)8(18)10-5-6-11-13-14-12-6/h4-5H2,1-3H3,(H,10,18)(H,16,17)(H,11,12,13,14). The first-order valence-electron chi connectivity index (χ1n) is 5.40. The van der Waals surface area contributed by atoms with Crippen molar-refractivity contribution >= 4 is 12.0 Å². The molecule has 0 spiro atoms. The maximum atomic E-state index is 11.9. The molecule has 100 valence electrons. The molecular weight excluding hydrogens is 240 g/mol. The number of carboxylic acid groups (broad SMARTS) is 1. The second-order valence-corrected chi connectivity index (χ2v) is 4.10. The van der Waals surface area contributed by atoms with Crippen LogP contribution in [-0.2, 0) is 11.3 Å². The number of likely N-dealkylation sites (N-methyl/N-ethyl adjacent to an activating group) is 1. The molecule has 0 saturated heterocycles. The maximum absolute atomic E-state index is 11.9. The third kappa shape index (κ3) is 2.93. The quantitative estimate of drug-likeness (QED) is 0.658. The fourth-order valence-electron chi connectivity index (χ4n) is 1.42. The van der Waals surface area contributed by atoms with Crippen LogP contribution in [0.25, 0.3) is 0 Å². The number of H-pyrrole nitrogens is 1. The van der Waals surface area contributed by atoms with Crippen molar-refractivity contribution in [3.63, 3.8) is 0 Å². The monoisotopic (exact) mass is 256 g/mol. The number of carbonyl (C=O) groups is 2. The number of carbonyl (C=O) groups excluding carboxylic acids is 1. The van der Waals surface area contributed by atoms with Gasteiger partial charge in [0, 0.05) is 6.54 Å². The number of carboxylic acids is 1. The van der Waals surface area contributed by atoms with Gasteiger partial charge in [-0.1, -0.05) is 5.21 Å². The molecule has 0 unspecified atom stereocenters. The van der Waals surface area contributed by atoms with Gasteiger partial charge >= 0.3 is 12.0 Å². The van der Waals surface area contributed by atoms with Crippen LogP contribution in [0.15, 0.2) is 0 Å². The lowest BCUT2D eigenvalue weighted by atomic mass is 10.0. The van der Waals surface area contributed by atoms with E-state index in [1.807, 2.05) is 0 Å². The van der Waals surface area contributed by atoms with Crippen LogP contribution in [0.1, 0.15) is 26.6 Å². The normalized spacial score (nSPS) is 11.1. The number of hydrogen-bond acceptors (Lipinski definition) is 5. The molecule has 9 heteroatoms. The van der Waals surface area contributed by atoms with E-state index in [-0.39, 0.29) is 13.1 Å². The average molecular weight is 256 g/mol. The predicted octanol–water partition coefficient (Wildman–Crippen LogP) is -0.406. The first-order valence-corrected chi connectivity index (χ1v) is 5.40. The van der Waals surface area contributed by atoms with Crippen LogP contribution in [-0.4, -0.2) is 54.7 Å². The molecule has 0 radical (unpaired) electrons. The van der Waals surface area contributed by atoms with E-state index in [9.17, 15) is 9.59 Å². The molecule has 0 aromatic carbocycles. The minimum absolute atomic E-state index is 0.0849. The van der Waals surface area contributed by atoms with Gasteiger partial charge in [-0.15, -0.1) is 10.2 Å². The Morgan fingerprint density at radius 2 is 2.17 bits per heavy atom. The minimum Gasteiger partial charge on any atom is -0.480 e. The number of aromatic nitrogens is 4. The molecular formula is C9H16N6O3. The lowest BCUT2D eigenvalue weighted by Gasteiger charge is -2.33. The molecule has 0 aliphatic carbocycles. The van der Waals surface area contributed by atoms with Crippen molar-refractivity contribution in [3.05, 3.63) is 5.82 Å². The van der Waals surface area contributed by atoms with Crippen LogP contribution in [0.5, 0.6) is 0 Å². The third-order valence-corrected chi connectivity index (χ3v) is 2.55. The summed E-state index contributed by atoms with van der Waals surface area (Å²) in [6.45, 7) is 5.00. The number of nitrogens with one attached hydrogen (secondary N) is 2. The van der Waals surface area contributed by atoms with Crippen molar-refractivity contribution in [1.82, 2.24) is 30.8 Å². The zero-order valence-corrected chi connectivity index (χ0v) is 10.5. The van der Waals surface area contributed by atoms with E-state index >= 15 is 0 Å². The lowest BCUT2D eigenvalue weighted by Crippen LogP contribution is -2.55. The molecule has 0 atom stereocenters. The number of hydrogen-bond donors (Lipinski definition) is 3. The van der Waals surface area contributed by atoms with Gasteiger partial charge in [-0.25, -0.2) is 9.59 Å². The molecule has 1 aromatic rings. The third-order valence-electron chi connectivity index (χ3n) is 2.55. The van der Waals surface area contributed by atoms with E-state index in [2.05, 4.69) is 25.9 Å². The Bertz CT molecular complexity index is 416. The van der Waals surface area contributed by atoms with Crippen molar-refractivity contribution < 1.29 is 14.7 Å². The van der Waals surface area contributed by atoms with Gasteiger partial charge in [0.25, 0.3) is 0 Å². The summed E-state index contributed by atoms with van der Waals surface area (Å²) < 4.78 is 0. The van der Waals surface area contributed by atoms with Gasteiger partial charge < -0.3 is 15.3 Å². The summed E-state index contributed by atoms with van der Waals surface area (Å²) in [6, 6.07) is -0.491. The molecule has 9 nitrogen and oxygen atoms in total. The molecule has 2 amide bonds. The van der Waals surface area contributed by atoms with E-state index in [0.717, 1.165) is 0 Å². The molecule has 0 aliphatic rings. The van der Waals surface area contributed by atoms with Crippen LogP contribution in [0, 0.1) is 0 Å². The molecule has 0 bridgehead atoms. The number of aliphatic carboxylic acids is 1. The highest BCUT2D eigenvalue weighted by Crippen LogP contribution is 2.14. The first-order chi connectivity index (χ1) is 8.39. The number of nitrogens with zero attached hydrogens (tertiary/aromatic N) is 4. The number of tetrazole rings is 1. The van der Waals surface area contributed by atoms with Gasteiger partial charge in [0.15, 0.2) is 5.82 Å². The minimum atomic E-state index is -1.28. The zero-order valence-electron chi connectivity index (χ0n) is 10.5. The van der Waals surface area contributed by atoms with Gasteiger partial charge in [0.2, 0.25) is 0 Å². The smallest absolute Gasteiger partial charge is 0.329 e. The summed E-state index contributed by atoms with van der Waals surface area (Å²) in [5.41, 5.74) is -1.28. The summed E-state index contributed by atoms with van der Waals surface area (Å²) in [5, 5.41) is 24.6. The van der Waals surface area contributed by atoms with E-state index < -0.39 is 17.5 Å². The molecule has 3 N–H and O–H groups in total. The number of aromatic amines is 1. The van der Waals surface area contributed by atoms with E-state index in [0.29, 0.717) is 5.82 Å². The Morgan fingerprint density at radius 3 is 2.61 bits per heavy atom. The Labute approximate surface area is 104 Å². The highest BCUT2D eigenvalue weighted by Gasteiger charge is 2.36. The van der Waals surface area contributed by atoms with Gasteiger partial charge in [0.1, 0.15) is 5.54 Å². The number of amides is 2. The Hall–Kier alpha value is -2.19. The maximum Gasteiger partial charge on any atom is 0.329 e. The topological polar surface area (TPSA) is 124 Å². The van der Waals surface area contributed by atoms with Crippen LogP contribution in [0.3, 0.4) is 0 Å². The molecule has 1 heterocycles. The Kier molecular flexibility index (Phi) is 4.18. The Balaban J connectivity index is 2.65. The van der Waals surface area contributed by atoms with E-state index in [4.69, 9.17) is 5.11 Å². The van der Waals surface area contributed by atoms with Crippen molar-refractivity contribution in [1.29, 1.82) is 0 Å². The molecule has 1 rings (SSSR count). The van der Waals surface area contributed by atoms with E-state index in [1.165, 1.54) is 18.7 Å². The summed E-state index contributed by atoms with van der Waals surface area (Å²) in [7, 11) is 0. The van der Waals surface area contributed by atoms with Crippen LogP contribution in [0.2, 0.25) is 0 Å². The van der Waals surface area contributed by atoms with Crippen LogP contribution in [0.4, 0.5) is 4.79 Å². The van der Waals surface area contributed by atoms with Crippen molar-refractivity contribution in [3.8, 4) is 0 Å². The highest BCUT2D eigenvalue weighted by molar-refractivity contribution is 5.85. The van der Waals surface area contributed by atoms with Gasteiger partial charge in [0.05, 0.1) is 6.54 Å². The molecule has 1 aromatic heterocycles. The van der Waals surface area contributed by atoms with Gasteiger partial charge in [-0.05, 0) is 20.8 Å². The SMILES string of the molecule is CCN(C(=O)NCc1nn[nH]n1)C(C)(C)C(=O)O. The average Bonchev–Trinajstić information content (AvgIpc) is 2.79. The first kappa shape index (κ1) is 13.9. The molecule has 0 saturated carbocycles. The second kappa shape index (κ2) is 5.43. The highest BCUT2D eigenvalue weighted by atomic mass is 16.4. The largest absolute Gasteiger partial charge is 0.480 e. The summed E-state index contributed by atoms with van der Waals surface area (Å²) in [4.78, 5) is 24.2. The van der Waals surface area contributed by atoms with Gasteiger partial charge in [-0.2, -0.15) is 5.21 Å². The molecule has 0 aliphatic heterocycles. The van der Waals surface area contributed by atoms with Crippen molar-refractivity contribution in [2.75, 3.05) is 6.54 Å². The molecule has 0 fully saturated rings. The van der Waals surface area contributed by atoms with E-state index in [1.54, 1.807) is 6.92 Å². The van der Waals surface area contributed by atoms with Crippen molar-refractivity contribution in [2.45, 2.75) is 32.9 Å². The van der Waals surface area contributed by atoms with Crippen molar-refractivity contribution in [2.24, 2.45) is 0 Å².